The lowest BCUT2D eigenvalue weighted by Crippen LogP contribution is -2.56. The van der Waals surface area contributed by atoms with Crippen LogP contribution < -0.4 is 0 Å². The van der Waals surface area contributed by atoms with Crippen molar-refractivity contribution in [1.29, 1.82) is 0 Å². The Morgan fingerprint density at radius 2 is 1.55 bits per heavy atom. The second kappa shape index (κ2) is 7.24. The van der Waals surface area contributed by atoms with E-state index in [1.54, 1.807) is 13.8 Å². The second-order valence-electron chi connectivity index (χ2n) is 4.75. The van der Waals surface area contributed by atoms with E-state index in [1.165, 1.54) is 0 Å². The third-order valence-corrected chi connectivity index (χ3v) is 3.31. The maximum absolute atomic E-state index is 12.1. The molecule has 1 aliphatic rings. The van der Waals surface area contributed by atoms with Gasteiger partial charge in [0, 0.05) is 39.6 Å². The van der Waals surface area contributed by atoms with Crippen LogP contribution in [0.3, 0.4) is 0 Å². The first-order valence-corrected chi connectivity index (χ1v) is 6.64. The maximum atomic E-state index is 12.1. The van der Waals surface area contributed by atoms with E-state index in [9.17, 15) is 9.59 Å². The molecule has 0 amide bonds. The minimum Gasteiger partial charge on any atom is -0.396 e. The molecule has 0 aromatic rings. The molecule has 0 saturated carbocycles. The van der Waals surface area contributed by atoms with Crippen molar-refractivity contribution in [3.05, 3.63) is 0 Å². The Kier molecular flexibility index (Phi) is 6.22. The van der Waals surface area contributed by atoms with Gasteiger partial charge in [0.1, 0.15) is 5.41 Å². The number of ketones is 2. The number of carbonyl (C=O) groups is 2. The SMILES string of the molecule is CCOC1(C)OCC(C(=O)CCO)(C(=O)CCO)CO1. The fourth-order valence-electron chi connectivity index (χ4n) is 2.10. The summed E-state index contributed by atoms with van der Waals surface area (Å²) in [5.74, 6) is -2.17. The summed E-state index contributed by atoms with van der Waals surface area (Å²) in [6.07, 6.45) is -0.315. The summed E-state index contributed by atoms with van der Waals surface area (Å²) in [7, 11) is 0. The van der Waals surface area contributed by atoms with Gasteiger partial charge in [-0.2, -0.15) is 0 Å². The van der Waals surface area contributed by atoms with Crippen molar-refractivity contribution in [2.24, 2.45) is 5.41 Å². The number of carbonyl (C=O) groups excluding carboxylic acids is 2. The first-order chi connectivity index (χ1) is 9.44. The summed E-state index contributed by atoms with van der Waals surface area (Å²) in [4.78, 5) is 24.3. The topological polar surface area (TPSA) is 102 Å². The molecule has 1 heterocycles. The van der Waals surface area contributed by atoms with Crippen molar-refractivity contribution in [3.8, 4) is 0 Å². The number of rotatable bonds is 8. The summed E-state index contributed by atoms with van der Waals surface area (Å²) < 4.78 is 16.1. The van der Waals surface area contributed by atoms with Gasteiger partial charge >= 0.3 is 0 Å². The van der Waals surface area contributed by atoms with Crippen LogP contribution >= 0.6 is 0 Å². The predicted octanol–water partition coefficient (Wildman–Crippen LogP) is -0.367. The number of aliphatic hydroxyl groups is 2. The van der Waals surface area contributed by atoms with Crippen molar-refractivity contribution in [3.63, 3.8) is 0 Å². The Labute approximate surface area is 117 Å². The van der Waals surface area contributed by atoms with Gasteiger partial charge in [-0.25, -0.2) is 0 Å². The van der Waals surface area contributed by atoms with Crippen molar-refractivity contribution in [2.75, 3.05) is 33.0 Å². The molecule has 1 fully saturated rings. The van der Waals surface area contributed by atoms with Crippen LogP contribution in [0.2, 0.25) is 0 Å². The van der Waals surface area contributed by atoms with Gasteiger partial charge in [0.2, 0.25) is 0 Å². The Morgan fingerprint density at radius 3 is 1.90 bits per heavy atom. The summed E-state index contributed by atoms with van der Waals surface area (Å²) in [5.41, 5.74) is -1.47. The molecule has 20 heavy (non-hydrogen) atoms. The molecule has 7 heteroatoms. The molecule has 0 bridgehead atoms. The number of aliphatic hydroxyl groups excluding tert-OH is 2. The Bertz CT molecular complexity index is 325. The van der Waals surface area contributed by atoms with E-state index in [1.807, 2.05) is 0 Å². The molecule has 0 radical (unpaired) electrons. The van der Waals surface area contributed by atoms with Crippen LogP contribution in [0.5, 0.6) is 0 Å². The highest BCUT2D eigenvalue weighted by Gasteiger charge is 2.51. The van der Waals surface area contributed by atoms with Crippen LogP contribution in [0.25, 0.3) is 0 Å². The van der Waals surface area contributed by atoms with E-state index in [2.05, 4.69) is 0 Å². The van der Waals surface area contributed by atoms with E-state index in [0.717, 1.165) is 0 Å². The third kappa shape index (κ3) is 3.62. The molecule has 1 aliphatic heterocycles. The largest absolute Gasteiger partial charge is 0.396 e. The molecule has 0 aromatic carbocycles. The van der Waals surface area contributed by atoms with Gasteiger partial charge in [-0.1, -0.05) is 0 Å². The molecule has 1 rings (SSSR count). The molecule has 1 saturated heterocycles. The Balaban J connectivity index is 2.88. The summed E-state index contributed by atoms with van der Waals surface area (Å²) >= 11 is 0. The highest BCUT2D eigenvalue weighted by Crippen LogP contribution is 2.34. The molecule has 0 aliphatic carbocycles. The van der Waals surface area contributed by atoms with Gasteiger partial charge in [0.25, 0.3) is 5.97 Å². The maximum Gasteiger partial charge on any atom is 0.279 e. The minimum atomic E-state index is -1.47. The zero-order valence-electron chi connectivity index (χ0n) is 11.9. The van der Waals surface area contributed by atoms with Gasteiger partial charge in [-0.3, -0.25) is 9.59 Å². The summed E-state index contributed by atoms with van der Waals surface area (Å²) in [6.45, 7) is 2.63. The quantitative estimate of drug-likeness (QED) is 0.588. The zero-order chi connectivity index (χ0) is 15.2. The predicted molar refractivity (Wildman–Crippen MR) is 67.8 cm³/mol. The number of hydrogen-bond donors (Lipinski definition) is 2. The molecule has 0 aromatic heterocycles. The molecule has 0 atom stereocenters. The molecule has 116 valence electrons. The smallest absolute Gasteiger partial charge is 0.279 e. The minimum absolute atomic E-state index is 0.158. The van der Waals surface area contributed by atoms with Crippen molar-refractivity contribution in [1.82, 2.24) is 0 Å². The highest BCUT2D eigenvalue weighted by molar-refractivity contribution is 6.07. The fraction of sp³-hybridized carbons (Fsp3) is 0.846. The van der Waals surface area contributed by atoms with Crippen molar-refractivity contribution in [2.45, 2.75) is 32.7 Å². The Hall–Kier alpha value is -0.860. The molecule has 0 spiro atoms. The average Bonchev–Trinajstić information content (AvgIpc) is 2.40. The van der Waals surface area contributed by atoms with E-state index in [-0.39, 0.29) is 39.3 Å². The number of hydrogen-bond acceptors (Lipinski definition) is 7. The van der Waals surface area contributed by atoms with Crippen LogP contribution in [0, 0.1) is 5.41 Å². The van der Waals surface area contributed by atoms with Crippen molar-refractivity contribution < 1.29 is 34.0 Å². The fourth-order valence-corrected chi connectivity index (χ4v) is 2.10. The van der Waals surface area contributed by atoms with Crippen LogP contribution in [0.15, 0.2) is 0 Å². The third-order valence-electron chi connectivity index (χ3n) is 3.31. The van der Waals surface area contributed by atoms with Gasteiger partial charge < -0.3 is 24.4 Å². The van der Waals surface area contributed by atoms with E-state index >= 15 is 0 Å². The number of Topliss-reactive ketones (excluding diaryl/α,β-unsaturated/α-hetero) is 2. The van der Waals surface area contributed by atoms with E-state index in [0.29, 0.717) is 6.61 Å². The number of ether oxygens (including phenoxy) is 3. The molecule has 7 nitrogen and oxygen atoms in total. The summed E-state index contributed by atoms with van der Waals surface area (Å²) in [6, 6.07) is 0. The highest BCUT2D eigenvalue weighted by atomic mass is 16.9. The van der Waals surface area contributed by atoms with Gasteiger partial charge in [0.05, 0.1) is 13.2 Å². The molecule has 0 unspecified atom stereocenters. The van der Waals surface area contributed by atoms with Crippen LogP contribution in [0.1, 0.15) is 26.7 Å². The standard InChI is InChI=1S/C13H22O7/c1-3-18-12(2)19-8-13(9-20-12,10(16)4-6-14)11(17)5-7-15/h14-15H,3-9H2,1-2H3. The second-order valence-corrected chi connectivity index (χ2v) is 4.75. The molecule has 2 N–H and O–H groups in total. The zero-order valence-corrected chi connectivity index (χ0v) is 11.9. The first kappa shape index (κ1) is 17.2. The Morgan fingerprint density at radius 1 is 1.10 bits per heavy atom. The van der Waals surface area contributed by atoms with Crippen LogP contribution in [0.4, 0.5) is 0 Å². The first-order valence-electron chi connectivity index (χ1n) is 6.64. The molecular weight excluding hydrogens is 268 g/mol. The van der Waals surface area contributed by atoms with E-state index < -0.39 is 23.0 Å². The monoisotopic (exact) mass is 290 g/mol. The normalized spacial score (nSPS) is 20.6. The van der Waals surface area contributed by atoms with Gasteiger partial charge in [0.15, 0.2) is 11.6 Å². The lowest BCUT2D eigenvalue weighted by Gasteiger charge is -2.42. The van der Waals surface area contributed by atoms with Gasteiger partial charge in [-0.05, 0) is 6.92 Å². The average molecular weight is 290 g/mol. The lowest BCUT2D eigenvalue weighted by atomic mass is 9.77. The van der Waals surface area contributed by atoms with Crippen LogP contribution in [-0.2, 0) is 23.8 Å². The van der Waals surface area contributed by atoms with E-state index in [4.69, 9.17) is 24.4 Å². The summed E-state index contributed by atoms with van der Waals surface area (Å²) in [5, 5.41) is 17.8. The lowest BCUT2D eigenvalue weighted by molar-refractivity contribution is -0.400. The van der Waals surface area contributed by atoms with Crippen LogP contribution in [-0.4, -0.2) is 60.8 Å². The van der Waals surface area contributed by atoms with Gasteiger partial charge in [-0.15, -0.1) is 0 Å². The van der Waals surface area contributed by atoms with Crippen molar-refractivity contribution >= 4 is 11.6 Å². The molecular formula is C13H22O7.